The number of halogens is 1. The molecule has 5 rings (SSSR count). The number of rotatable bonds is 7. The normalized spacial score (nSPS) is 16.1. The molecule has 2 aliphatic heterocycles. The summed E-state index contributed by atoms with van der Waals surface area (Å²) in [4.78, 5) is 6.59. The lowest BCUT2D eigenvalue weighted by atomic mass is 10.0. The van der Waals surface area contributed by atoms with Crippen molar-refractivity contribution in [1.82, 2.24) is 9.80 Å². The van der Waals surface area contributed by atoms with E-state index in [1.54, 1.807) is 12.1 Å². The first-order valence-electron chi connectivity index (χ1n) is 15.8. The largest absolute Gasteiger partial charge is 0.495 e. The fourth-order valence-electron chi connectivity index (χ4n) is 5.16. The van der Waals surface area contributed by atoms with Crippen LogP contribution in [0.3, 0.4) is 0 Å². The zero-order chi connectivity index (χ0) is 32.3. The molecular formula is C37H53FN3O2P. The first-order valence-corrected chi connectivity index (χ1v) is 16.3. The summed E-state index contributed by atoms with van der Waals surface area (Å²) in [6, 6.07) is 27.8. The Balaban J connectivity index is 0.000000321. The average molecular weight is 622 g/mol. The van der Waals surface area contributed by atoms with Gasteiger partial charge in [0.05, 0.1) is 6.04 Å². The second-order valence-electron chi connectivity index (χ2n) is 10.8. The summed E-state index contributed by atoms with van der Waals surface area (Å²) in [5, 5.41) is 11.0. The summed E-state index contributed by atoms with van der Waals surface area (Å²) in [6.45, 7) is 17.1. The summed E-state index contributed by atoms with van der Waals surface area (Å²) < 4.78 is 18.1. The van der Waals surface area contributed by atoms with E-state index in [2.05, 4.69) is 69.6 Å². The maximum Gasteiger partial charge on any atom is 0.181 e. The van der Waals surface area contributed by atoms with Crippen LogP contribution < -0.4 is 10.2 Å². The number of aliphatic hydroxyl groups is 1. The third-order valence-corrected chi connectivity index (χ3v) is 8.12. The summed E-state index contributed by atoms with van der Waals surface area (Å²) in [6.07, 6.45) is 5.48. The van der Waals surface area contributed by atoms with Crippen LogP contribution in [0.1, 0.15) is 51.5 Å². The van der Waals surface area contributed by atoms with Crippen molar-refractivity contribution in [3.8, 4) is 0 Å². The van der Waals surface area contributed by atoms with Gasteiger partial charge in [-0.15, -0.1) is 9.24 Å². The number of aliphatic hydroxyl groups excluding tert-OH is 1. The highest BCUT2D eigenvalue weighted by molar-refractivity contribution is 7.27. The topological polar surface area (TPSA) is 39.2 Å². The molecule has 0 radical (unpaired) electrons. The number of ether oxygens (including phenoxy) is 1. The van der Waals surface area contributed by atoms with E-state index in [-0.39, 0.29) is 17.7 Å². The Bertz CT molecular complexity index is 1180. The van der Waals surface area contributed by atoms with Gasteiger partial charge in [0.15, 0.2) is 11.8 Å². The zero-order valence-corrected chi connectivity index (χ0v) is 28.3. The number of nitrogens with zero attached hydrogens (tertiary/aromatic N) is 3. The number of benzene rings is 3. The quantitative estimate of drug-likeness (QED) is 0.212. The van der Waals surface area contributed by atoms with E-state index in [9.17, 15) is 9.50 Å². The van der Waals surface area contributed by atoms with Crippen LogP contribution in [0.25, 0.3) is 0 Å². The van der Waals surface area contributed by atoms with Crippen molar-refractivity contribution >= 4 is 20.2 Å². The Morgan fingerprint density at radius 1 is 0.886 bits per heavy atom. The van der Waals surface area contributed by atoms with E-state index < -0.39 is 0 Å². The molecule has 240 valence electrons. The fraction of sp³-hybridized carbons (Fsp3) is 0.405. The van der Waals surface area contributed by atoms with E-state index in [0.717, 1.165) is 56.8 Å². The van der Waals surface area contributed by atoms with Crippen LogP contribution in [0.15, 0.2) is 110 Å². The van der Waals surface area contributed by atoms with Gasteiger partial charge in [-0.1, -0.05) is 80.1 Å². The van der Waals surface area contributed by atoms with Gasteiger partial charge in [-0.05, 0) is 81.8 Å². The van der Waals surface area contributed by atoms with E-state index in [1.165, 1.54) is 29.5 Å². The van der Waals surface area contributed by atoms with E-state index in [4.69, 9.17) is 4.74 Å². The van der Waals surface area contributed by atoms with E-state index in [0.29, 0.717) is 12.6 Å². The van der Waals surface area contributed by atoms with Crippen molar-refractivity contribution in [2.24, 2.45) is 0 Å². The smallest absolute Gasteiger partial charge is 0.181 e. The molecule has 1 N–H and O–H groups in total. The van der Waals surface area contributed by atoms with Gasteiger partial charge < -0.3 is 24.5 Å². The number of hydrogen-bond donors (Lipinski definition) is 1. The third-order valence-electron chi connectivity index (χ3n) is 7.74. The molecule has 0 amide bonds. The average Bonchev–Trinajstić information content (AvgIpc) is 3.07. The van der Waals surface area contributed by atoms with Crippen LogP contribution in [0.4, 0.5) is 10.1 Å². The number of anilines is 1. The minimum absolute atomic E-state index is 0.152. The maximum absolute atomic E-state index is 12.1. The van der Waals surface area contributed by atoms with Gasteiger partial charge in [0.25, 0.3) is 0 Å². The minimum atomic E-state index is -0.171. The van der Waals surface area contributed by atoms with Crippen molar-refractivity contribution < 1.29 is 14.2 Å². The van der Waals surface area contributed by atoms with Crippen molar-refractivity contribution in [3.63, 3.8) is 0 Å². The summed E-state index contributed by atoms with van der Waals surface area (Å²) >= 11 is 0. The monoisotopic (exact) mass is 621 g/mol. The van der Waals surface area contributed by atoms with Gasteiger partial charge in [-0.3, -0.25) is 0 Å². The molecule has 2 atom stereocenters. The Kier molecular flexibility index (Phi) is 17.1. The van der Waals surface area contributed by atoms with Crippen molar-refractivity contribution in [3.05, 3.63) is 121 Å². The molecule has 2 unspecified atom stereocenters. The van der Waals surface area contributed by atoms with Crippen LogP contribution in [0, 0.1) is 12.7 Å². The Morgan fingerprint density at radius 2 is 1.45 bits per heavy atom. The van der Waals surface area contributed by atoms with Gasteiger partial charge in [0, 0.05) is 38.4 Å². The van der Waals surface area contributed by atoms with Crippen LogP contribution in [0.5, 0.6) is 0 Å². The summed E-state index contributed by atoms with van der Waals surface area (Å²) in [5.41, 5.74) is 2.36. The Hall–Kier alpha value is -3.50. The van der Waals surface area contributed by atoms with Gasteiger partial charge in [0.1, 0.15) is 12.4 Å². The molecule has 0 spiro atoms. The lowest BCUT2D eigenvalue weighted by molar-refractivity contribution is 0.0297. The predicted molar refractivity (Wildman–Crippen MR) is 189 cm³/mol. The van der Waals surface area contributed by atoms with Crippen LogP contribution >= 0.6 is 9.24 Å². The highest BCUT2D eigenvalue weighted by Crippen LogP contribution is 2.25. The number of hydrogen-bond acceptors (Lipinski definition) is 5. The Morgan fingerprint density at radius 3 is 1.95 bits per heavy atom. The molecule has 5 nitrogen and oxygen atoms in total. The van der Waals surface area contributed by atoms with Crippen LogP contribution in [-0.4, -0.2) is 60.3 Å². The number of likely N-dealkylation sites (tertiary alicyclic amines) is 2. The van der Waals surface area contributed by atoms with Crippen molar-refractivity contribution in [2.75, 3.05) is 38.2 Å². The third kappa shape index (κ3) is 13.0. The SMILES string of the molecule is C=C(OCC1CCCCN1C(=C)O)N1CCC(N(C)c2ccccc2)CC1.CC.Cc1ccc(F)cc1.Pc1ccccc1. The molecule has 3 aromatic carbocycles. The van der Waals surface area contributed by atoms with Crippen molar-refractivity contribution in [1.29, 1.82) is 0 Å². The van der Waals surface area contributed by atoms with Gasteiger partial charge in [-0.2, -0.15) is 0 Å². The predicted octanol–water partition coefficient (Wildman–Crippen LogP) is 8.31. The maximum atomic E-state index is 12.1. The Labute approximate surface area is 268 Å². The lowest BCUT2D eigenvalue weighted by Crippen LogP contribution is -2.44. The minimum Gasteiger partial charge on any atom is -0.495 e. The molecule has 0 aliphatic carbocycles. The molecule has 2 saturated heterocycles. The molecule has 2 heterocycles. The standard InChI is InChI=1S/C22H33N3O2.C7H7F.C6H7P.C2H6/c1-18(26)25-14-8-7-11-22(25)17-27-19(2)24-15-12-21(13-16-24)23(3)20-9-5-4-6-10-20;1-6-2-4-7(8)5-3-6;7-6-4-2-1-3-5-6;1-2/h4-6,9-10,21-22,26H,1-2,7-8,11-17H2,3H3;2-5H,1H3;1-5H,7H2;1-2H3. The van der Waals surface area contributed by atoms with Crippen LogP contribution in [-0.2, 0) is 4.74 Å². The summed E-state index contributed by atoms with van der Waals surface area (Å²) in [7, 11) is 4.81. The molecule has 0 bridgehead atoms. The molecule has 3 aromatic rings. The second kappa shape index (κ2) is 20.5. The van der Waals surface area contributed by atoms with Gasteiger partial charge >= 0.3 is 0 Å². The fourth-order valence-corrected chi connectivity index (χ4v) is 5.38. The highest BCUT2D eigenvalue weighted by Gasteiger charge is 2.27. The highest BCUT2D eigenvalue weighted by atomic mass is 31.0. The molecule has 7 heteroatoms. The zero-order valence-electron chi connectivity index (χ0n) is 27.2. The summed E-state index contributed by atoms with van der Waals surface area (Å²) in [5.74, 6) is 0.735. The lowest BCUT2D eigenvalue weighted by Gasteiger charge is -2.40. The molecule has 2 fully saturated rings. The molecule has 0 saturated carbocycles. The molecule has 0 aromatic heterocycles. The number of para-hydroxylation sites is 1. The van der Waals surface area contributed by atoms with Gasteiger partial charge in [0.2, 0.25) is 0 Å². The van der Waals surface area contributed by atoms with E-state index in [1.807, 2.05) is 56.0 Å². The van der Waals surface area contributed by atoms with Crippen molar-refractivity contribution in [2.45, 2.75) is 65.0 Å². The first-order chi connectivity index (χ1) is 21.2. The molecule has 44 heavy (non-hydrogen) atoms. The van der Waals surface area contributed by atoms with Gasteiger partial charge in [-0.25, -0.2) is 4.39 Å². The second-order valence-corrected chi connectivity index (χ2v) is 11.5. The molecule has 2 aliphatic rings. The first kappa shape index (κ1) is 36.7. The number of piperidine rings is 2. The van der Waals surface area contributed by atoms with E-state index >= 15 is 0 Å². The molecular weight excluding hydrogens is 568 g/mol. The van der Waals surface area contributed by atoms with Crippen LogP contribution in [0.2, 0.25) is 0 Å². The number of aryl methyl sites for hydroxylation is 1.